The number of aromatic nitrogens is 4. The minimum absolute atomic E-state index is 0.0659. The van der Waals surface area contributed by atoms with Gasteiger partial charge in [0.1, 0.15) is 23.6 Å². The first kappa shape index (κ1) is 24.2. The number of rotatable bonds is 6. The van der Waals surface area contributed by atoms with Crippen LogP contribution >= 0.6 is 0 Å². The standard InChI is InChI=1S/C29H36FN7O/c1-18(2)21-7-10-31-13-22(21)25-24(30)26-23(14-32-25)27(36-15-19-5-6-20(16-36)33-19)35-28(34-26)38-17-29-8-3-11-37(29)12-4-9-29/h7,10,13-14,18-20,33H,3-6,8-9,11-12,15-17H2,1-2H3. The summed E-state index contributed by atoms with van der Waals surface area (Å²) in [6.07, 6.45) is 12.2. The van der Waals surface area contributed by atoms with Gasteiger partial charge in [0.25, 0.3) is 0 Å². The molecule has 2 atom stereocenters. The predicted molar refractivity (Wildman–Crippen MR) is 145 cm³/mol. The molecule has 0 aliphatic carbocycles. The van der Waals surface area contributed by atoms with Crippen molar-refractivity contribution in [2.45, 2.75) is 75.9 Å². The highest BCUT2D eigenvalue weighted by atomic mass is 19.1. The van der Waals surface area contributed by atoms with E-state index in [1.54, 1.807) is 18.6 Å². The summed E-state index contributed by atoms with van der Waals surface area (Å²) in [5, 5.41) is 4.32. The van der Waals surface area contributed by atoms with E-state index in [-0.39, 0.29) is 28.7 Å². The molecule has 7 heterocycles. The van der Waals surface area contributed by atoms with Crippen LogP contribution in [0.4, 0.5) is 10.2 Å². The fourth-order valence-corrected chi connectivity index (χ4v) is 7.25. The van der Waals surface area contributed by atoms with Crippen LogP contribution in [0, 0.1) is 5.82 Å². The Balaban J connectivity index is 1.32. The minimum Gasteiger partial charge on any atom is -0.461 e. The van der Waals surface area contributed by atoms with Crippen molar-refractivity contribution in [3.8, 4) is 17.3 Å². The highest BCUT2D eigenvalue weighted by Gasteiger charge is 2.45. The molecule has 4 fully saturated rings. The summed E-state index contributed by atoms with van der Waals surface area (Å²) in [5.74, 6) is 0.496. The lowest BCUT2D eigenvalue weighted by Gasteiger charge is -2.34. The van der Waals surface area contributed by atoms with E-state index in [0.29, 0.717) is 29.6 Å². The fraction of sp³-hybridized carbons (Fsp3) is 0.586. The summed E-state index contributed by atoms with van der Waals surface area (Å²) in [5.41, 5.74) is 2.33. The first-order valence-corrected chi connectivity index (χ1v) is 14.2. The number of nitrogens with zero attached hydrogens (tertiary/aromatic N) is 6. The van der Waals surface area contributed by atoms with E-state index in [0.717, 1.165) is 63.2 Å². The molecule has 4 aliphatic rings. The van der Waals surface area contributed by atoms with Crippen LogP contribution in [0.3, 0.4) is 0 Å². The van der Waals surface area contributed by atoms with Crippen molar-refractivity contribution in [2.24, 2.45) is 0 Å². The maximum absolute atomic E-state index is 16.4. The molecule has 0 saturated carbocycles. The molecule has 1 N–H and O–H groups in total. The maximum Gasteiger partial charge on any atom is 0.319 e. The molecule has 3 aromatic heterocycles. The van der Waals surface area contributed by atoms with Crippen molar-refractivity contribution >= 4 is 16.7 Å². The molecule has 0 aromatic carbocycles. The van der Waals surface area contributed by atoms with Gasteiger partial charge in [-0.2, -0.15) is 9.97 Å². The van der Waals surface area contributed by atoms with Crippen LogP contribution in [0.15, 0.2) is 24.7 Å². The Morgan fingerprint density at radius 2 is 1.87 bits per heavy atom. The quantitative estimate of drug-likeness (QED) is 0.519. The average molecular weight is 518 g/mol. The fourth-order valence-electron chi connectivity index (χ4n) is 7.25. The second kappa shape index (κ2) is 9.38. The monoisotopic (exact) mass is 517 g/mol. The molecule has 7 rings (SSSR count). The molecule has 4 saturated heterocycles. The smallest absolute Gasteiger partial charge is 0.319 e. The number of pyridine rings is 2. The molecule has 0 spiro atoms. The first-order valence-electron chi connectivity index (χ1n) is 14.2. The number of halogens is 1. The first-order chi connectivity index (χ1) is 18.5. The van der Waals surface area contributed by atoms with E-state index in [9.17, 15) is 0 Å². The van der Waals surface area contributed by atoms with E-state index >= 15 is 4.39 Å². The zero-order valence-corrected chi connectivity index (χ0v) is 22.3. The van der Waals surface area contributed by atoms with E-state index in [1.807, 2.05) is 6.07 Å². The second-order valence-corrected chi connectivity index (χ2v) is 11.9. The lowest BCUT2D eigenvalue weighted by molar-refractivity contribution is 0.108. The van der Waals surface area contributed by atoms with Crippen molar-refractivity contribution in [1.82, 2.24) is 30.2 Å². The maximum atomic E-state index is 16.4. The van der Waals surface area contributed by atoms with Gasteiger partial charge in [-0.05, 0) is 69.2 Å². The summed E-state index contributed by atoms with van der Waals surface area (Å²) >= 11 is 0. The Hall–Kier alpha value is -2.91. The molecule has 4 aliphatic heterocycles. The summed E-state index contributed by atoms with van der Waals surface area (Å²) in [6.45, 7) is 8.67. The molecule has 3 aromatic rings. The molecule has 0 radical (unpaired) electrons. The summed E-state index contributed by atoms with van der Waals surface area (Å²) in [6, 6.07) is 3.05. The Labute approximate surface area is 223 Å². The van der Waals surface area contributed by atoms with Crippen molar-refractivity contribution in [2.75, 3.05) is 37.7 Å². The molecule has 2 bridgehead atoms. The van der Waals surface area contributed by atoms with Gasteiger partial charge in [-0.1, -0.05) is 13.8 Å². The predicted octanol–water partition coefficient (Wildman–Crippen LogP) is 4.30. The molecule has 9 heteroatoms. The number of fused-ring (bicyclic) bond motifs is 4. The highest BCUT2D eigenvalue weighted by molar-refractivity contribution is 5.92. The van der Waals surface area contributed by atoms with E-state index < -0.39 is 5.82 Å². The molecule has 2 unspecified atom stereocenters. The van der Waals surface area contributed by atoms with Gasteiger partial charge < -0.3 is 15.0 Å². The van der Waals surface area contributed by atoms with Crippen LogP contribution in [0.1, 0.15) is 63.9 Å². The Bertz CT molecular complexity index is 1340. The van der Waals surface area contributed by atoms with Crippen LogP contribution in [-0.2, 0) is 0 Å². The zero-order valence-electron chi connectivity index (χ0n) is 22.3. The topological polar surface area (TPSA) is 79.3 Å². The van der Waals surface area contributed by atoms with Crippen LogP contribution < -0.4 is 15.0 Å². The minimum atomic E-state index is -0.439. The molecule has 38 heavy (non-hydrogen) atoms. The summed E-state index contributed by atoms with van der Waals surface area (Å²) < 4.78 is 22.7. The Kier molecular flexibility index (Phi) is 5.96. The third kappa shape index (κ3) is 4.02. The number of piperazine rings is 1. The van der Waals surface area contributed by atoms with Crippen LogP contribution in [0.25, 0.3) is 22.2 Å². The summed E-state index contributed by atoms with van der Waals surface area (Å²) in [4.78, 5) is 23.3. The third-order valence-corrected chi connectivity index (χ3v) is 9.17. The Morgan fingerprint density at radius 3 is 2.61 bits per heavy atom. The average Bonchev–Trinajstić information content (AvgIpc) is 3.61. The molecular weight excluding hydrogens is 481 g/mol. The van der Waals surface area contributed by atoms with Crippen molar-refractivity contribution in [1.29, 1.82) is 0 Å². The lowest BCUT2D eigenvalue weighted by Crippen LogP contribution is -2.51. The molecule has 200 valence electrons. The van der Waals surface area contributed by atoms with Crippen LogP contribution in [-0.4, -0.2) is 75.2 Å². The van der Waals surface area contributed by atoms with Crippen LogP contribution in [0.2, 0.25) is 0 Å². The number of hydrogen-bond donors (Lipinski definition) is 1. The van der Waals surface area contributed by atoms with E-state index in [4.69, 9.17) is 9.72 Å². The van der Waals surface area contributed by atoms with Crippen molar-refractivity contribution in [3.63, 3.8) is 0 Å². The van der Waals surface area contributed by atoms with Crippen molar-refractivity contribution < 1.29 is 9.13 Å². The van der Waals surface area contributed by atoms with Gasteiger partial charge in [0, 0.05) is 49.3 Å². The SMILES string of the molecule is CC(C)c1ccncc1-c1ncc2c(N3CC4CCC(C3)N4)nc(OCC34CCCN3CCC4)nc2c1F. The summed E-state index contributed by atoms with van der Waals surface area (Å²) in [7, 11) is 0. The van der Waals surface area contributed by atoms with Crippen LogP contribution in [0.5, 0.6) is 6.01 Å². The van der Waals surface area contributed by atoms with Gasteiger partial charge in [-0.3, -0.25) is 14.9 Å². The van der Waals surface area contributed by atoms with Gasteiger partial charge in [0.05, 0.1) is 10.9 Å². The number of anilines is 1. The van der Waals surface area contributed by atoms with Gasteiger partial charge in [0.2, 0.25) is 0 Å². The van der Waals surface area contributed by atoms with E-state index in [2.05, 4.69) is 43.9 Å². The number of hydrogen-bond acceptors (Lipinski definition) is 8. The van der Waals surface area contributed by atoms with Crippen molar-refractivity contribution in [3.05, 3.63) is 36.0 Å². The highest BCUT2D eigenvalue weighted by Crippen LogP contribution is 2.40. The largest absolute Gasteiger partial charge is 0.461 e. The lowest BCUT2D eigenvalue weighted by atomic mass is 9.95. The second-order valence-electron chi connectivity index (χ2n) is 11.9. The number of ether oxygens (including phenoxy) is 1. The molecule has 0 amide bonds. The van der Waals surface area contributed by atoms with Gasteiger partial charge in [-0.15, -0.1) is 0 Å². The Morgan fingerprint density at radius 1 is 1.11 bits per heavy atom. The normalized spacial score (nSPS) is 24.5. The van der Waals surface area contributed by atoms with E-state index in [1.165, 1.54) is 12.8 Å². The molecule has 8 nitrogen and oxygen atoms in total. The van der Waals surface area contributed by atoms with Gasteiger partial charge in [0.15, 0.2) is 5.82 Å². The van der Waals surface area contributed by atoms with Gasteiger partial charge >= 0.3 is 6.01 Å². The zero-order chi connectivity index (χ0) is 25.9. The molecular formula is C29H36FN7O. The third-order valence-electron chi connectivity index (χ3n) is 9.17. The number of nitrogens with one attached hydrogen (secondary N) is 1. The van der Waals surface area contributed by atoms with Gasteiger partial charge in [-0.25, -0.2) is 4.39 Å².